The molecule has 0 saturated heterocycles. The van der Waals surface area contributed by atoms with Gasteiger partial charge in [-0.25, -0.2) is 13.1 Å². The van der Waals surface area contributed by atoms with Crippen LogP contribution in [0.25, 0.3) is 10.9 Å². The first-order valence-corrected chi connectivity index (χ1v) is 8.91. The Morgan fingerprint density at radius 2 is 2.04 bits per heavy atom. The monoisotopic (exact) mass is 355 g/mol. The maximum Gasteiger partial charge on any atom is 0.243 e. The summed E-state index contributed by atoms with van der Waals surface area (Å²) in [6.07, 6.45) is 2.94. The van der Waals surface area contributed by atoms with Gasteiger partial charge >= 0.3 is 0 Å². The van der Waals surface area contributed by atoms with Crippen LogP contribution in [0.2, 0.25) is 0 Å². The van der Waals surface area contributed by atoms with Gasteiger partial charge in [-0.2, -0.15) is 0 Å². The molecule has 2 N–H and O–H groups in total. The fourth-order valence-electron chi connectivity index (χ4n) is 2.92. The summed E-state index contributed by atoms with van der Waals surface area (Å²) in [6, 6.07) is 7.60. The first-order chi connectivity index (χ1) is 10.5. The van der Waals surface area contributed by atoms with Gasteiger partial charge in [-0.15, -0.1) is 12.4 Å². The van der Waals surface area contributed by atoms with E-state index in [9.17, 15) is 8.42 Å². The Hall–Kier alpha value is -1.34. The molecule has 2 aromatic rings. The van der Waals surface area contributed by atoms with Crippen molar-refractivity contribution < 1.29 is 8.42 Å². The lowest BCUT2D eigenvalue weighted by atomic mass is 10.1. The van der Waals surface area contributed by atoms with Crippen LogP contribution in [-0.4, -0.2) is 32.6 Å². The Kier molecular flexibility index (Phi) is 5.52. The Morgan fingerprint density at radius 3 is 2.74 bits per heavy atom. The number of hydrogen-bond donors (Lipinski definition) is 2. The summed E-state index contributed by atoms with van der Waals surface area (Å²) in [5, 5.41) is 4.00. The van der Waals surface area contributed by atoms with E-state index in [1.54, 1.807) is 0 Å². The van der Waals surface area contributed by atoms with E-state index in [1.165, 1.54) is 0 Å². The van der Waals surface area contributed by atoms with Crippen LogP contribution in [0.15, 0.2) is 40.8 Å². The van der Waals surface area contributed by atoms with Crippen LogP contribution in [0, 0.1) is 6.92 Å². The summed E-state index contributed by atoms with van der Waals surface area (Å²) < 4.78 is 30.2. The average Bonchev–Trinajstić information content (AvgIpc) is 2.79. The molecule has 0 aliphatic carbocycles. The molecule has 23 heavy (non-hydrogen) atoms. The van der Waals surface area contributed by atoms with Crippen LogP contribution >= 0.6 is 12.4 Å². The van der Waals surface area contributed by atoms with Crippen molar-refractivity contribution in [2.45, 2.75) is 18.2 Å². The molecule has 0 amide bonds. The maximum atomic E-state index is 12.8. The summed E-state index contributed by atoms with van der Waals surface area (Å²) in [6.45, 7) is 3.94. The lowest BCUT2D eigenvalue weighted by molar-refractivity contribution is 0.582. The van der Waals surface area contributed by atoms with Crippen LogP contribution < -0.4 is 10.0 Å². The Balaban J connectivity index is 0.00000192. The second-order valence-electron chi connectivity index (χ2n) is 5.63. The highest BCUT2D eigenvalue weighted by molar-refractivity contribution is 7.89. The van der Waals surface area contributed by atoms with Crippen LogP contribution in [0.5, 0.6) is 0 Å². The van der Waals surface area contributed by atoms with Gasteiger partial charge in [0.15, 0.2) is 0 Å². The number of nitrogens with zero attached hydrogens (tertiary/aromatic N) is 1. The topological polar surface area (TPSA) is 63.1 Å². The zero-order valence-corrected chi connectivity index (χ0v) is 14.9. The van der Waals surface area contributed by atoms with Gasteiger partial charge in [0, 0.05) is 36.7 Å². The van der Waals surface area contributed by atoms with E-state index >= 15 is 0 Å². The van der Waals surface area contributed by atoms with Gasteiger partial charge in [-0.1, -0.05) is 29.8 Å². The number of benzene rings is 1. The van der Waals surface area contributed by atoms with E-state index in [0.717, 1.165) is 41.7 Å². The third-order valence-electron chi connectivity index (χ3n) is 4.26. The number of aryl methyl sites for hydroxylation is 1. The third kappa shape index (κ3) is 3.45. The number of para-hydroxylation sites is 1. The molecule has 0 bridgehead atoms. The Labute approximate surface area is 143 Å². The minimum absolute atomic E-state index is 0. The third-order valence-corrected chi connectivity index (χ3v) is 5.83. The van der Waals surface area contributed by atoms with E-state index < -0.39 is 10.0 Å². The first kappa shape index (κ1) is 18.0. The number of rotatable bonds is 4. The summed E-state index contributed by atoms with van der Waals surface area (Å²) >= 11 is 0. The zero-order chi connectivity index (χ0) is 15.7. The van der Waals surface area contributed by atoms with Crippen LogP contribution in [-0.2, 0) is 17.1 Å². The molecule has 2 heterocycles. The molecular weight excluding hydrogens is 334 g/mol. The highest BCUT2D eigenvalue weighted by atomic mass is 35.5. The predicted octanol–water partition coefficient (Wildman–Crippen LogP) is 2.11. The van der Waals surface area contributed by atoms with Crippen molar-refractivity contribution >= 4 is 33.3 Å². The molecule has 3 rings (SSSR count). The molecule has 1 aliphatic heterocycles. The quantitative estimate of drug-likeness (QED) is 0.826. The number of halogens is 1. The summed E-state index contributed by atoms with van der Waals surface area (Å²) in [4.78, 5) is 0.389. The molecule has 7 heteroatoms. The van der Waals surface area contributed by atoms with Crippen LogP contribution in [0.1, 0.15) is 12.1 Å². The molecule has 0 saturated carbocycles. The normalized spacial score (nSPS) is 15.3. The van der Waals surface area contributed by atoms with Gasteiger partial charge in [-0.3, -0.25) is 0 Å². The largest absolute Gasteiger partial charge is 0.347 e. The van der Waals surface area contributed by atoms with Gasteiger partial charge in [0.05, 0.1) is 0 Å². The second-order valence-corrected chi connectivity index (χ2v) is 7.34. The van der Waals surface area contributed by atoms with Crippen molar-refractivity contribution in [1.82, 2.24) is 14.6 Å². The molecule has 1 aliphatic rings. The smallest absolute Gasteiger partial charge is 0.243 e. The van der Waals surface area contributed by atoms with Gasteiger partial charge < -0.3 is 9.88 Å². The number of nitrogens with one attached hydrogen (secondary N) is 2. The minimum atomic E-state index is -3.53. The zero-order valence-electron chi connectivity index (χ0n) is 13.3. The lowest BCUT2D eigenvalue weighted by Crippen LogP contribution is -2.30. The van der Waals surface area contributed by atoms with Crippen molar-refractivity contribution in [3.8, 4) is 0 Å². The van der Waals surface area contributed by atoms with Crippen molar-refractivity contribution in [2.24, 2.45) is 7.05 Å². The molecule has 0 radical (unpaired) electrons. The van der Waals surface area contributed by atoms with Gasteiger partial charge in [0.1, 0.15) is 4.90 Å². The molecule has 0 atom stereocenters. The predicted molar refractivity (Wildman–Crippen MR) is 95.7 cm³/mol. The van der Waals surface area contributed by atoms with E-state index in [1.807, 2.05) is 42.8 Å². The first-order valence-electron chi connectivity index (χ1n) is 7.43. The highest BCUT2D eigenvalue weighted by Crippen LogP contribution is 2.28. The number of fused-ring (bicyclic) bond motifs is 1. The highest BCUT2D eigenvalue weighted by Gasteiger charge is 2.24. The molecule has 0 unspecified atom stereocenters. The van der Waals surface area contributed by atoms with Crippen molar-refractivity contribution in [3.05, 3.63) is 41.6 Å². The van der Waals surface area contributed by atoms with E-state index in [0.29, 0.717) is 11.4 Å². The van der Waals surface area contributed by atoms with Crippen molar-refractivity contribution in [3.63, 3.8) is 0 Å². The number of aromatic nitrogens is 1. The molecular formula is C16H22ClN3O2S. The Morgan fingerprint density at radius 1 is 1.30 bits per heavy atom. The standard InChI is InChI=1S/C16H21N3O2S.ClH/c1-12-16(14-5-3-4-6-15(14)19(12)2)22(20,21)18-11-13-7-9-17-10-8-13;/h3-7,17-18H,8-11H2,1-2H3;1H. The maximum absolute atomic E-state index is 12.8. The van der Waals surface area contributed by atoms with E-state index in [4.69, 9.17) is 0 Å². The van der Waals surface area contributed by atoms with Gasteiger partial charge in [0.25, 0.3) is 0 Å². The SMILES string of the molecule is Cc1c(S(=O)(=O)NCC2=CCNCC2)c2ccccc2n1C.Cl. The molecule has 0 fully saturated rings. The van der Waals surface area contributed by atoms with Gasteiger partial charge in [0.2, 0.25) is 10.0 Å². The second kappa shape index (κ2) is 7.05. The Bertz CT molecular complexity index is 840. The van der Waals surface area contributed by atoms with E-state index in [2.05, 4.69) is 16.1 Å². The average molecular weight is 356 g/mol. The summed E-state index contributed by atoms with van der Waals surface area (Å²) in [5.74, 6) is 0. The summed E-state index contributed by atoms with van der Waals surface area (Å²) in [7, 11) is -1.63. The number of hydrogen-bond acceptors (Lipinski definition) is 3. The molecule has 0 spiro atoms. The minimum Gasteiger partial charge on any atom is -0.347 e. The van der Waals surface area contributed by atoms with Crippen LogP contribution in [0.4, 0.5) is 0 Å². The lowest BCUT2D eigenvalue weighted by Gasteiger charge is -2.15. The summed E-state index contributed by atoms with van der Waals surface area (Å²) in [5.41, 5.74) is 2.83. The van der Waals surface area contributed by atoms with Crippen LogP contribution in [0.3, 0.4) is 0 Å². The van der Waals surface area contributed by atoms with Gasteiger partial charge in [-0.05, 0) is 26.0 Å². The number of sulfonamides is 1. The molecule has 1 aromatic heterocycles. The fraction of sp³-hybridized carbons (Fsp3) is 0.375. The molecule has 1 aromatic carbocycles. The van der Waals surface area contributed by atoms with Crippen molar-refractivity contribution in [1.29, 1.82) is 0 Å². The van der Waals surface area contributed by atoms with E-state index in [-0.39, 0.29) is 12.4 Å². The molecule has 126 valence electrons. The fourth-order valence-corrected chi connectivity index (χ4v) is 4.42. The van der Waals surface area contributed by atoms with Crippen molar-refractivity contribution in [2.75, 3.05) is 19.6 Å². The molecule has 5 nitrogen and oxygen atoms in total.